The van der Waals surface area contributed by atoms with E-state index in [-0.39, 0.29) is 47.0 Å². The zero-order valence-corrected chi connectivity index (χ0v) is 24.1. The van der Waals surface area contributed by atoms with Gasteiger partial charge in [0.05, 0.1) is 29.2 Å². The molecule has 0 bridgehead atoms. The monoisotopic (exact) mass is 544 g/mol. The minimum Gasteiger partial charge on any atom is -0.456 e. The Morgan fingerprint density at radius 2 is 1.82 bits per heavy atom. The molecule has 1 amide bonds. The van der Waals surface area contributed by atoms with E-state index in [2.05, 4.69) is 33.9 Å². The van der Waals surface area contributed by atoms with E-state index in [9.17, 15) is 24.5 Å². The molecular formula is C27H36N2O8Si. The summed E-state index contributed by atoms with van der Waals surface area (Å²) in [5, 5.41) is 10.9. The molecule has 0 N–H and O–H groups in total. The Bertz CT molecular complexity index is 1180. The topological polar surface area (TPSA) is 125 Å². The van der Waals surface area contributed by atoms with E-state index in [1.54, 1.807) is 0 Å². The van der Waals surface area contributed by atoms with Gasteiger partial charge in [-0.25, -0.2) is 4.79 Å². The molecule has 1 aromatic carbocycles. The van der Waals surface area contributed by atoms with Gasteiger partial charge in [-0.15, -0.1) is 0 Å². The molecule has 0 saturated carbocycles. The van der Waals surface area contributed by atoms with Gasteiger partial charge >= 0.3 is 11.9 Å². The predicted molar refractivity (Wildman–Crippen MR) is 142 cm³/mol. The highest BCUT2D eigenvalue weighted by Gasteiger charge is 2.60. The Hall–Kier alpha value is -3.31. The van der Waals surface area contributed by atoms with Crippen LogP contribution in [0.5, 0.6) is 0 Å². The number of β-lactam (4-membered cyclic amide) rings is 1. The fraction of sp³-hybridized carbons (Fsp3) is 0.519. The summed E-state index contributed by atoms with van der Waals surface area (Å²) >= 11 is 0. The van der Waals surface area contributed by atoms with Crippen molar-refractivity contribution in [1.82, 2.24) is 4.90 Å². The third-order valence-corrected chi connectivity index (χ3v) is 12.3. The SMILES string of the molecule is CC(=O)O/C=C/C1=C(C(=O)OCc2ccc([N+](=O)[O-])cc2)N2C(=O)[C@H]([C@@H](C)O[Si](C)(C)C(C)(C)C)[C@H]2[C@H]1C. The highest BCUT2D eigenvalue weighted by molar-refractivity contribution is 6.74. The van der Waals surface area contributed by atoms with Gasteiger partial charge in [0.15, 0.2) is 8.32 Å². The second kappa shape index (κ2) is 10.8. The van der Waals surface area contributed by atoms with Crippen LogP contribution >= 0.6 is 0 Å². The van der Waals surface area contributed by atoms with Crippen LogP contribution < -0.4 is 0 Å². The zero-order valence-electron chi connectivity index (χ0n) is 23.1. The van der Waals surface area contributed by atoms with Gasteiger partial charge < -0.3 is 18.8 Å². The number of nitrogens with zero attached hydrogens (tertiary/aromatic N) is 2. The van der Waals surface area contributed by atoms with Crippen molar-refractivity contribution < 1.29 is 33.2 Å². The number of fused-ring (bicyclic) bond motifs is 1. The van der Waals surface area contributed by atoms with Gasteiger partial charge in [-0.2, -0.15) is 0 Å². The van der Waals surface area contributed by atoms with E-state index in [1.165, 1.54) is 48.4 Å². The number of carbonyl (C=O) groups is 3. The standard InChI is InChI=1S/C27H36N2O8Si/c1-16-21(13-14-35-18(3)30)24(26(32)36-15-19-9-11-20(12-10-19)29(33)34)28-23(16)22(25(28)31)17(2)37-38(7,8)27(4,5)6/h9-14,16-17,22-23H,15H2,1-8H3/b14-13+/t16-,17+,22+,23+/m0/s1. The molecule has 206 valence electrons. The lowest BCUT2D eigenvalue weighted by Gasteiger charge is -2.50. The van der Waals surface area contributed by atoms with Crippen LogP contribution in [-0.4, -0.2) is 48.1 Å². The lowest BCUT2D eigenvalue weighted by Crippen LogP contribution is -2.65. The average molecular weight is 545 g/mol. The third-order valence-electron chi connectivity index (χ3n) is 7.69. The first-order valence-electron chi connectivity index (χ1n) is 12.6. The number of nitro groups is 1. The third kappa shape index (κ3) is 5.73. The van der Waals surface area contributed by atoms with Crippen molar-refractivity contribution in [2.24, 2.45) is 11.8 Å². The van der Waals surface area contributed by atoms with Crippen molar-refractivity contribution in [3.63, 3.8) is 0 Å². The first-order chi connectivity index (χ1) is 17.6. The predicted octanol–water partition coefficient (Wildman–Crippen LogP) is 4.86. The van der Waals surface area contributed by atoms with Crippen LogP contribution in [0.2, 0.25) is 18.1 Å². The second-order valence-corrected chi connectivity index (χ2v) is 16.1. The number of amides is 1. The van der Waals surface area contributed by atoms with Gasteiger partial charge in [0, 0.05) is 25.0 Å². The van der Waals surface area contributed by atoms with Crippen LogP contribution in [0, 0.1) is 22.0 Å². The minimum absolute atomic E-state index is 0.0297. The van der Waals surface area contributed by atoms with Crippen molar-refractivity contribution >= 4 is 31.9 Å². The number of benzene rings is 1. The average Bonchev–Trinajstić information content (AvgIpc) is 3.04. The Morgan fingerprint density at radius 1 is 1.21 bits per heavy atom. The summed E-state index contributed by atoms with van der Waals surface area (Å²) in [6.07, 6.45) is 2.39. The summed E-state index contributed by atoms with van der Waals surface area (Å²) in [5.41, 5.74) is 1.13. The fourth-order valence-electron chi connectivity index (χ4n) is 4.64. The molecule has 2 aliphatic rings. The molecule has 0 spiro atoms. The smallest absolute Gasteiger partial charge is 0.355 e. The minimum atomic E-state index is -2.15. The first-order valence-corrected chi connectivity index (χ1v) is 15.5. The quantitative estimate of drug-likeness (QED) is 0.108. The summed E-state index contributed by atoms with van der Waals surface area (Å²) in [6.45, 7) is 15.6. The molecule has 1 saturated heterocycles. The fourth-order valence-corrected chi connectivity index (χ4v) is 6.07. The van der Waals surface area contributed by atoms with Crippen molar-refractivity contribution in [2.75, 3.05) is 0 Å². The molecule has 0 aliphatic carbocycles. The maximum Gasteiger partial charge on any atom is 0.355 e. The molecule has 0 radical (unpaired) electrons. The van der Waals surface area contributed by atoms with E-state index in [0.29, 0.717) is 11.1 Å². The number of esters is 2. The summed E-state index contributed by atoms with van der Waals surface area (Å²) in [6, 6.07) is 5.37. The molecule has 10 nitrogen and oxygen atoms in total. The van der Waals surface area contributed by atoms with E-state index in [1.807, 2.05) is 13.8 Å². The molecule has 2 heterocycles. The highest BCUT2D eigenvalue weighted by Crippen LogP contribution is 2.49. The maximum atomic E-state index is 13.4. The largest absolute Gasteiger partial charge is 0.456 e. The number of rotatable bonds is 9. The van der Waals surface area contributed by atoms with Gasteiger partial charge in [-0.3, -0.25) is 19.7 Å². The number of allylic oxidation sites excluding steroid dienone is 1. The Balaban J connectivity index is 1.84. The van der Waals surface area contributed by atoms with Crippen molar-refractivity contribution in [3.8, 4) is 0 Å². The Morgan fingerprint density at radius 3 is 2.34 bits per heavy atom. The second-order valence-electron chi connectivity index (χ2n) is 11.3. The number of hydrogen-bond donors (Lipinski definition) is 0. The summed E-state index contributed by atoms with van der Waals surface area (Å²) in [4.78, 5) is 49.8. The number of hydrogen-bond acceptors (Lipinski definition) is 8. The van der Waals surface area contributed by atoms with Crippen LogP contribution in [-0.2, 0) is 34.9 Å². The molecule has 1 aromatic rings. The van der Waals surface area contributed by atoms with Crippen molar-refractivity contribution in [3.05, 3.63) is 63.6 Å². The molecule has 3 rings (SSSR count). The van der Waals surface area contributed by atoms with E-state index >= 15 is 0 Å². The van der Waals surface area contributed by atoms with Crippen LogP contribution in [0.15, 0.2) is 47.9 Å². The van der Waals surface area contributed by atoms with Crippen LogP contribution in [0.25, 0.3) is 0 Å². The Labute approximate surface area is 223 Å². The summed E-state index contributed by atoms with van der Waals surface area (Å²) < 4.78 is 17.0. The van der Waals surface area contributed by atoms with Gasteiger partial charge in [-0.05, 0) is 54.4 Å². The Kier molecular flexibility index (Phi) is 8.32. The van der Waals surface area contributed by atoms with Crippen LogP contribution in [0.1, 0.15) is 47.1 Å². The molecule has 1 fully saturated rings. The lowest BCUT2D eigenvalue weighted by molar-refractivity contribution is -0.384. The van der Waals surface area contributed by atoms with E-state index in [0.717, 1.165) is 0 Å². The van der Waals surface area contributed by atoms with Gasteiger partial charge in [-0.1, -0.05) is 27.7 Å². The van der Waals surface area contributed by atoms with Gasteiger partial charge in [0.25, 0.3) is 5.69 Å². The van der Waals surface area contributed by atoms with Crippen molar-refractivity contribution in [1.29, 1.82) is 0 Å². The molecular weight excluding hydrogens is 508 g/mol. The molecule has 2 aliphatic heterocycles. The first kappa shape index (κ1) is 29.2. The lowest BCUT2D eigenvalue weighted by atomic mass is 9.78. The van der Waals surface area contributed by atoms with E-state index in [4.69, 9.17) is 13.9 Å². The maximum absolute atomic E-state index is 13.4. The number of non-ortho nitro benzene ring substituents is 1. The van der Waals surface area contributed by atoms with E-state index < -0.39 is 31.1 Å². The number of nitro benzene ring substituents is 1. The van der Waals surface area contributed by atoms with Crippen molar-refractivity contribution in [2.45, 2.75) is 78.4 Å². The zero-order chi connectivity index (χ0) is 28.6. The summed E-state index contributed by atoms with van der Waals surface area (Å²) in [7, 11) is -2.15. The molecule has 0 aromatic heterocycles. The molecule has 4 atom stereocenters. The van der Waals surface area contributed by atoms with Gasteiger partial charge in [0.2, 0.25) is 5.91 Å². The number of carbonyl (C=O) groups excluding carboxylic acids is 3. The molecule has 11 heteroatoms. The molecule has 38 heavy (non-hydrogen) atoms. The molecule has 0 unspecified atom stereocenters. The van der Waals surface area contributed by atoms with Crippen LogP contribution in [0.3, 0.4) is 0 Å². The van der Waals surface area contributed by atoms with Gasteiger partial charge in [0.1, 0.15) is 12.3 Å². The number of ether oxygens (including phenoxy) is 2. The summed E-state index contributed by atoms with van der Waals surface area (Å²) in [5.74, 6) is -2.10. The highest BCUT2D eigenvalue weighted by atomic mass is 28.4. The normalized spacial score (nSPS) is 22.3. The van der Waals surface area contributed by atoms with Crippen LogP contribution in [0.4, 0.5) is 5.69 Å².